The van der Waals surface area contributed by atoms with Crippen LogP contribution in [-0.2, 0) is 6.42 Å². The van der Waals surface area contributed by atoms with Gasteiger partial charge >= 0.3 is 0 Å². The Bertz CT molecular complexity index is 964. The fourth-order valence-electron chi connectivity index (χ4n) is 2.58. The van der Waals surface area contributed by atoms with Crippen molar-refractivity contribution in [1.29, 1.82) is 0 Å². The summed E-state index contributed by atoms with van der Waals surface area (Å²) in [5.41, 5.74) is 2.65. The van der Waals surface area contributed by atoms with Crippen molar-refractivity contribution in [2.24, 2.45) is 0 Å². The Morgan fingerprint density at radius 2 is 1.86 bits per heavy atom. The minimum absolute atomic E-state index is 0.0237. The topological polar surface area (TPSA) is 63.2 Å². The standard InChI is InChI=1S/C21H19ClFN3O2/c1-28-17-5-2-14(3-6-17)8-10-25-21(27)20-13-16(9-11-24-20)26-15-4-7-19(23)18(22)12-15/h2-7,9,11-13H,8,10H2,1H3,(H,24,26)(H,25,27). The summed E-state index contributed by atoms with van der Waals surface area (Å²) in [6.45, 7) is 0.484. The van der Waals surface area contributed by atoms with Gasteiger partial charge in [-0.1, -0.05) is 23.7 Å². The van der Waals surface area contributed by atoms with Gasteiger partial charge < -0.3 is 15.4 Å². The van der Waals surface area contributed by atoms with E-state index in [1.54, 1.807) is 25.3 Å². The van der Waals surface area contributed by atoms with Gasteiger partial charge in [-0.2, -0.15) is 0 Å². The van der Waals surface area contributed by atoms with Crippen LogP contribution in [0.3, 0.4) is 0 Å². The molecule has 0 atom stereocenters. The lowest BCUT2D eigenvalue weighted by molar-refractivity contribution is 0.0949. The van der Waals surface area contributed by atoms with E-state index in [2.05, 4.69) is 15.6 Å². The van der Waals surface area contributed by atoms with Crippen LogP contribution >= 0.6 is 11.6 Å². The van der Waals surface area contributed by atoms with Gasteiger partial charge in [0.15, 0.2) is 0 Å². The van der Waals surface area contributed by atoms with Crippen molar-refractivity contribution < 1.29 is 13.9 Å². The summed E-state index contributed by atoms with van der Waals surface area (Å²) in [7, 11) is 1.62. The van der Waals surface area contributed by atoms with Crippen LogP contribution in [0.25, 0.3) is 0 Å². The number of carbonyl (C=O) groups excluding carboxylic acids is 1. The number of amides is 1. The van der Waals surface area contributed by atoms with Crippen LogP contribution < -0.4 is 15.4 Å². The lowest BCUT2D eigenvalue weighted by Gasteiger charge is -2.09. The van der Waals surface area contributed by atoms with E-state index < -0.39 is 5.82 Å². The van der Waals surface area contributed by atoms with Gasteiger partial charge in [-0.3, -0.25) is 9.78 Å². The highest BCUT2D eigenvalue weighted by Crippen LogP contribution is 2.22. The van der Waals surface area contributed by atoms with E-state index in [9.17, 15) is 9.18 Å². The van der Waals surface area contributed by atoms with Crippen molar-refractivity contribution in [3.8, 4) is 5.75 Å². The van der Waals surface area contributed by atoms with Crippen LogP contribution in [0, 0.1) is 5.82 Å². The van der Waals surface area contributed by atoms with Crippen molar-refractivity contribution in [1.82, 2.24) is 10.3 Å². The third-order valence-corrected chi connectivity index (χ3v) is 4.35. The number of rotatable bonds is 7. The lowest BCUT2D eigenvalue weighted by Crippen LogP contribution is -2.26. The van der Waals surface area contributed by atoms with E-state index in [1.807, 2.05) is 24.3 Å². The zero-order valence-electron chi connectivity index (χ0n) is 15.2. The molecule has 2 N–H and O–H groups in total. The Balaban J connectivity index is 1.57. The van der Waals surface area contributed by atoms with E-state index in [4.69, 9.17) is 16.3 Å². The number of halogens is 2. The molecule has 3 rings (SSSR count). The molecule has 0 aliphatic rings. The molecule has 2 aromatic carbocycles. The molecule has 0 radical (unpaired) electrons. The van der Waals surface area contributed by atoms with E-state index in [1.165, 1.54) is 18.3 Å². The number of aromatic nitrogens is 1. The third kappa shape index (κ3) is 5.20. The van der Waals surface area contributed by atoms with E-state index in [-0.39, 0.29) is 16.6 Å². The fraction of sp³-hybridized carbons (Fsp3) is 0.143. The Hall–Kier alpha value is -3.12. The number of anilines is 2. The van der Waals surface area contributed by atoms with Crippen LogP contribution in [0.2, 0.25) is 5.02 Å². The molecule has 3 aromatic rings. The molecular formula is C21H19ClFN3O2. The predicted molar refractivity (Wildman–Crippen MR) is 108 cm³/mol. The van der Waals surface area contributed by atoms with Crippen LogP contribution in [0.5, 0.6) is 5.75 Å². The summed E-state index contributed by atoms with van der Waals surface area (Å²) in [6, 6.07) is 15.3. The summed E-state index contributed by atoms with van der Waals surface area (Å²) in [5.74, 6) is 0.0388. The van der Waals surface area contributed by atoms with Gasteiger partial charge in [0.05, 0.1) is 12.1 Å². The highest BCUT2D eigenvalue weighted by Gasteiger charge is 2.08. The average molecular weight is 400 g/mol. The molecule has 1 amide bonds. The minimum atomic E-state index is -0.487. The van der Waals surface area contributed by atoms with Gasteiger partial charge in [-0.15, -0.1) is 0 Å². The minimum Gasteiger partial charge on any atom is -0.497 e. The third-order valence-electron chi connectivity index (χ3n) is 4.06. The summed E-state index contributed by atoms with van der Waals surface area (Å²) in [6.07, 6.45) is 2.23. The molecular weight excluding hydrogens is 381 g/mol. The van der Waals surface area contributed by atoms with Gasteiger partial charge in [0.1, 0.15) is 17.3 Å². The lowest BCUT2D eigenvalue weighted by atomic mass is 10.1. The molecule has 28 heavy (non-hydrogen) atoms. The largest absolute Gasteiger partial charge is 0.497 e. The number of nitrogens with one attached hydrogen (secondary N) is 2. The monoisotopic (exact) mass is 399 g/mol. The van der Waals surface area contributed by atoms with Crippen LogP contribution in [-0.4, -0.2) is 24.5 Å². The maximum atomic E-state index is 13.3. The maximum absolute atomic E-state index is 13.3. The average Bonchev–Trinajstić information content (AvgIpc) is 2.71. The Morgan fingerprint density at radius 3 is 2.57 bits per heavy atom. The number of benzene rings is 2. The zero-order chi connectivity index (χ0) is 19.9. The van der Waals surface area contributed by atoms with Crippen LogP contribution in [0.1, 0.15) is 16.1 Å². The van der Waals surface area contributed by atoms with Gasteiger partial charge in [0, 0.05) is 24.1 Å². The van der Waals surface area contributed by atoms with Gasteiger partial charge in [0.25, 0.3) is 5.91 Å². The highest BCUT2D eigenvalue weighted by atomic mass is 35.5. The SMILES string of the molecule is COc1ccc(CCNC(=O)c2cc(Nc3ccc(F)c(Cl)c3)ccn2)cc1. The second kappa shape index (κ2) is 9.19. The number of ether oxygens (including phenoxy) is 1. The molecule has 0 fully saturated rings. The second-order valence-electron chi connectivity index (χ2n) is 6.04. The molecule has 0 saturated heterocycles. The molecule has 0 spiro atoms. The van der Waals surface area contributed by atoms with Crippen molar-refractivity contribution in [2.45, 2.75) is 6.42 Å². The molecule has 0 unspecified atom stereocenters. The molecule has 1 heterocycles. The number of carbonyl (C=O) groups is 1. The van der Waals surface area contributed by atoms with Crippen molar-refractivity contribution in [3.05, 3.63) is 82.9 Å². The Morgan fingerprint density at radius 1 is 1.11 bits per heavy atom. The first kappa shape index (κ1) is 19.6. The number of hydrogen-bond donors (Lipinski definition) is 2. The molecule has 5 nitrogen and oxygen atoms in total. The number of hydrogen-bond acceptors (Lipinski definition) is 4. The van der Waals surface area contributed by atoms with Crippen molar-refractivity contribution >= 4 is 28.9 Å². The predicted octanol–water partition coefficient (Wildman–Crippen LogP) is 4.60. The molecule has 0 saturated carbocycles. The van der Waals surface area contributed by atoms with Gasteiger partial charge in [-0.05, 0) is 54.4 Å². The first-order valence-corrected chi connectivity index (χ1v) is 9.02. The summed E-state index contributed by atoms with van der Waals surface area (Å²) >= 11 is 5.79. The fourth-order valence-corrected chi connectivity index (χ4v) is 2.76. The molecule has 0 aliphatic heterocycles. The van der Waals surface area contributed by atoms with Crippen molar-refractivity contribution in [2.75, 3.05) is 19.0 Å². The molecule has 0 bridgehead atoms. The zero-order valence-corrected chi connectivity index (χ0v) is 16.0. The van der Waals surface area contributed by atoms with Crippen LogP contribution in [0.15, 0.2) is 60.8 Å². The normalized spacial score (nSPS) is 10.4. The summed E-state index contributed by atoms with van der Waals surface area (Å²) < 4.78 is 18.4. The van der Waals surface area contributed by atoms with E-state index in [0.717, 1.165) is 11.3 Å². The molecule has 7 heteroatoms. The van der Waals surface area contributed by atoms with Crippen LogP contribution in [0.4, 0.5) is 15.8 Å². The highest BCUT2D eigenvalue weighted by molar-refractivity contribution is 6.31. The Labute approximate surface area is 167 Å². The summed E-state index contributed by atoms with van der Waals surface area (Å²) in [5, 5.41) is 5.95. The van der Waals surface area contributed by atoms with Crippen molar-refractivity contribution in [3.63, 3.8) is 0 Å². The molecule has 0 aliphatic carbocycles. The number of nitrogens with zero attached hydrogens (tertiary/aromatic N) is 1. The summed E-state index contributed by atoms with van der Waals surface area (Å²) in [4.78, 5) is 16.5. The second-order valence-corrected chi connectivity index (χ2v) is 6.44. The van der Waals surface area contributed by atoms with Gasteiger partial charge in [-0.25, -0.2) is 4.39 Å². The van der Waals surface area contributed by atoms with Gasteiger partial charge in [0.2, 0.25) is 0 Å². The van der Waals surface area contributed by atoms with E-state index in [0.29, 0.717) is 24.3 Å². The van der Waals surface area contributed by atoms with E-state index >= 15 is 0 Å². The smallest absolute Gasteiger partial charge is 0.269 e. The number of pyridine rings is 1. The quantitative estimate of drug-likeness (QED) is 0.609. The molecule has 144 valence electrons. The first-order valence-electron chi connectivity index (χ1n) is 8.64. The maximum Gasteiger partial charge on any atom is 0.269 e. The molecule has 1 aromatic heterocycles. The number of methoxy groups -OCH3 is 1. The first-order chi connectivity index (χ1) is 13.5. The Kier molecular flexibility index (Phi) is 6.45.